The smallest absolute Gasteiger partial charge is 0.189 e. The molecule has 0 N–H and O–H groups in total. The van der Waals surface area contributed by atoms with Crippen LogP contribution >= 0.6 is 0 Å². The van der Waals surface area contributed by atoms with Crippen molar-refractivity contribution in [1.29, 1.82) is 0 Å². The van der Waals surface area contributed by atoms with Crippen molar-refractivity contribution >= 4 is 11.9 Å². The molecule has 2 heteroatoms. The van der Waals surface area contributed by atoms with Crippen LogP contribution in [-0.2, 0) is 6.42 Å². The fourth-order valence-electron chi connectivity index (χ4n) is 3.71. The number of allylic oxidation sites excluding steroid dienone is 1. The lowest BCUT2D eigenvalue weighted by Crippen LogP contribution is -2.15. The van der Waals surface area contributed by atoms with E-state index in [0.29, 0.717) is 0 Å². The Balaban J connectivity index is 1.62. The average Bonchev–Trinajstić information content (AvgIpc) is 2.65. The van der Waals surface area contributed by atoms with E-state index in [1.165, 1.54) is 11.1 Å². The molecule has 0 heterocycles. The molecule has 27 heavy (non-hydrogen) atoms. The third-order valence-corrected chi connectivity index (χ3v) is 4.98. The van der Waals surface area contributed by atoms with Crippen LogP contribution in [0.15, 0.2) is 72.3 Å². The summed E-state index contributed by atoms with van der Waals surface area (Å²) in [6.45, 7) is 4.14. The van der Waals surface area contributed by atoms with Crippen molar-refractivity contribution in [2.24, 2.45) is 0 Å². The van der Waals surface area contributed by atoms with Crippen molar-refractivity contribution in [2.75, 3.05) is 0 Å². The Kier molecular flexibility index (Phi) is 4.64. The second kappa shape index (κ2) is 7.24. The van der Waals surface area contributed by atoms with Gasteiger partial charge in [-0.15, -0.1) is 0 Å². The molecular formula is C25H22O2. The minimum absolute atomic E-state index is 0.150. The number of carbonyl (C=O) groups is 1. The summed E-state index contributed by atoms with van der Waals surface area (Å²) in [5, 5.41) is 0. The van der Waals surface area contributed by atoms with Crippen LogP contribution in [0.4, 0.5) is 0 Å². The minimum atomic E-state index is 0.150. The molecular weight excluding hydrogens is 332 g/mol. The summed E-state index contributed by atoms with van der Waals surface area (Å²) in [4.78, 5) is 13.0. The Hall–Kier alpha value is -3.13. The molecule has 134 valence electrons. The molecule has 3 aromatic carbocycles. The molecule has 0 saturated heterocycles. The fraction of sp³-hybridized carbons (Fsp3) is 0.160. The topological polar surface area (TPSA) is 26.3 Å². The predicted octanol–water partition coefficient (Wildman–Crippen LogP) is 6.31. The van der Waals surface area contributed by atoms with Gasteiger partial charge in [-0.05, 0) is 79.8 Å². The van der Waals surface area contributed by atoms with Gasteiger partial charge in [-0.3, -0.25) is 4.79 Å². The molecule has 0 atom stereocenters. The highest BCUT2D eigenvalue weighted by molar-refractivity contribution is 6.13. The third-order valence-electron chi connectivity index (χ3n) is 4.98. The molecule has 0 aromatic heterocycles. The normalized spacial score (nSPS) is 14.9. The number of hydrogen-bond donors (Lipinski definition) is 0. The van der Waals surface area contributed by atoms with Crippen LogP contribution in [0.1, 0.15) is 39.0 Å². The van der Waals surface area contributed by atoms with Crippen molar-refractivity contribution in [3.8, 4) is 11.5 Å². The molecule has 0 aliphatic heterocycles. The van der Waals surface area contributed by atoms with Gasteiger partial charge in [0.05, 0.1) is 0 Å². The first-order valence-corrected chi connectivity index (χ1v) is 9.28. The summed E-state index contributed by atoms with van der Waals surface area (Å²) in [6, 6.07) is 21.8. The van der Waals surface area contributed by atoms with Crippen LogP contribution in [0.2, 0.25) is 0 Å². The average molecular weight is 354 g/mol. The van der Waals surface area contributed by atoms with Gasteiger partial charge < -0.3 is 4.74 Å². The van der Waals surface area contributed by atoms with Crippen LogP contribution in [0.25, 0.3) is 6.08 Å². The summed E-state index contributed by atoms with van der Waals surface area (Å²) in [5.41, 5.74) is 6.27. The van der Waals surface area contributed by atoms with Gasteiger partial charge >= 0.3 is 0 Å². The maximum Gasteiger partial charge on any atom is 0.189 e. The maximum absolute atomic E-state index is 13.0. The maximum atomic E-state index is 13.0. The second-order valence-electron chi connectivity index (χ2n) is 7.09. The molecule has 1 aliphatic carbocycles. The number of ketones is 1. The first-order valence-electron chi connectivity index (χ1n) is 9.28. The number of hydrogen-bond acceptors (Lipinski definition) is 2. The van der Waals surface area contributed by atoms with E-state index in [9.17, 15) is 4.79 Å². The van der Waals surface area contributed by atoms with Gasteiger partial charge in [-0.2, -0.15) is 0 Å². The summed E-state index contributed by atoms with van der Waals surface area (Å²) in [5.74, 6) is 1.72. The van der Waals surface area contributed by atoms with Gasteiger partial charge in [0.15, 0.2) is 5.78 Å². The van der Waals surface area contributed by atoms with E-state index in [2.05, 4.69) is 13.0 Å². The number of benzene rings is 3. The Morgan fingerprint density at radius 2 is 1.63 bits per heavy atom. The van der Waals surface area contributed by atoms with Crippen LogP contribution in [0, 0.1) is 13.8 Å². The molecule has 3 aromatic rings. The number of aryl methyl sites for hydroxylation is 2. The van der Waals surface area contributed by atoms with Crippen LogP contribution in [0.3, 0.4) is 0 Å². The highest BCUT2D eigenvalue weighted by Gasteiger charge is 2.23. The molecule has 0 radical (unpaired) electrons. The largest absolute Gasteiger partial charge is 0.457 e. The van der Waals surface area contributed by atoms with Gasteiger partial charge in [0, 0.05) is 11.1 Å². The number of rotatable bonds is 3. The SMILES string of the molecule is Cc1cc(C)c2c(c1)C(=O)C(=Cc1cccc(Oc3ccccc3)c1)CC2. The molecule has 0 bridgehead atoms. The molecule has 0 fully saturated rings. The van der Waals surface area contributed by atoms with Crippen molar-refractivity contribution in [2.45, 2.75) is 26.7 Å². The standard InChI is InChI=1S/C25H22O2/c1-17-13-18(2)23-12-11-20(25(26)24(23)14-17)15-19-7-6-10-22(16-19)27-21-8-4-3-5-9-21/h3-10,13-16H,11-12H2,1-2H3. The zero-order valence-corrected chi connectivity index (χ0v) is 15.7. The molecule has 0 saturated carbocycles. The van der Waals surface area contributed by atoms with E-state index in [0.717, 1.165) is 46.6 Å². The molecule has 2 nitrogen and oxygen atoms in total. The van der Waals surface area contributed by atoms with E-state index < -0.39 is 0 Å². The molecule has 0 unspecified atom stereocenters. The van der Waals surface area contributed by atoms with E-state index in [4.69, 9.17) is 4.74 Å². The first kappa shape index (κ1) is 17.3. The van der Waals surface area contributed by atoms with Crippen molar-refractivity contribution < 1.29 is 9.53 Å². The third kappa shape index (κ3) is 3.70. The summed E-state index contributed by atoms with van der Waals surface area (Å²) in [7, 11) is 0. The molecule has 1 aliphatic rings. The monoisotopic (exact) mass is 354 g/mol. The van der Waals surface area contributed by atoms with E-state index >= 15 is 0 Å². The van der Waals surface area contributed by atoms with Gasteiger partial charge in [0.1, 0.15) is 11.5 Å². The lowest BCUT2D eigenvalue weighted by molar-refractivity contribution is 0.102. The zero-order valence-electron chi connectivity index (χ0n) is 15.7. The number of fused-ring (bicyclic) bond motifs is 1. The van der Waals surface area contributed by atoms with Crippen molar-refractivity contribution in [1.82, 2.24) is 0 Å². The van der Waals surface area contributed by atoms with Gasteiger partial charge in [-0.25, -0.2) is 0 Å². The van der Waals surface area contributed by atoms with Crippen molar-refractivity contribution in [3.63, 3.8) is 0 Å². The Morgan fingerprint density at radius 3 is 2.44 bits per heavy atom. The highest BCUT2D eigenvalue weighted by Crippen LogP contribution is 2.30. The first-order chi connectivity index (χ1) is 13.1. The molecule has 4 rings (SSSR count). The van der Waals surface area contributed by atoms with E-state index in [-0.39, 0.29) is 5.78 Å². The van der Waals surface area contributed by atoms with Gasteiger partial charge in [-0.1, -0.05) is 42.0 Å². The Morgan fingerprint density at radius 1 is 0.852 bits per heavy atom. The summed E-state index contributed by atoms with van der Waals surface area (Å²) >= 11 is 0. The lowest BCUT2D eigenvalue weighted by atomic mass is 9.83. The Labute approximate surface area is 160 Å². The quantitative estimate of drug-likeness (QED) is 0.515. The number of para-hydroxylation sites is 1. The highest BCUT2D eigenvalue weighted by atomic mass is 16.5. The zero-order chi connectivity index (χ0) is 18.8. The molecule has 0 amide bonds. The second-order valence-corrected chi connectivity index (χ2v) is 7.09. The molecule has 0 spiro atoms. The van der Waals surface area contributed by atoms with Crippen LogP contribution in [-0.4, -0.2) is 5.78 Å². The number of carbonyl (C=O) groups excluding carboxylic acids is 1. The van der Waals surface area contributed by atoms with E-state index in [1.807, 2.05) is 73.7 Å². The number of Topliss-reactive ketones (excluding diaryl/α,β-unsaturated/α-hetero) is 1. The van der Waals surface area contributed by atoms with Crippen LogP contribution < -0.4 is 4.74 Å². The van der Waals surface area contributed by atoms with Gasteiger partial charge in [0.25, 0.3) is 0 Å². The lowest BCUT2D eigenvalue weighted by Gasteiger charge is -2.20. The van der Waals surface area contributed by atoms with Crippen molar-refractivity contribution in [3.05, 3.63) is 100 Å². The van der Waals surface area contributed by atoms with E-state index in [1.54, 1.807) is 0 Å². The van der Waals surface area contributed by atoms with Gasteiger partial charge in [0.2, 0.25) is 0 Å². The number of ether oxygens (including phenoxy) is 1. The van der Waals surface area contributed by atoms with Crippen LogP contribution in [0.5, 0.6) is 11.5 Å². The fourth-order valence-corrected chi connectivity index (χ4v) is 3.71. The summed E-state index contributed by atoms with van der Waals surface area (Å²) in [6.07, 6.45) is 3.69. The minimum Gasteiger partial charge on any atom is -0.457 e. The summed E-state index contributed by atoms with van der Waals surface area (Å²) < 4.78 is 5.91. The Bertz CT molecular complexity index is 1030. The predicted molar refractivity (Wildman–Crippen MR) is 110 cm³/mol.